The highest BCUT2D eigenvalue weighted by Gasteiger charge is 2.40. The van der Waals surface area contributed by atoms with Crippen molar-refractivity contribution < 1.29 is 18.0 Å². The zero-order valence-corrected chi connectivity index (χ0v) is 16.7. The van der Waals surface area contributed by atoms with Crippen molar-refractivity contribution in [3.05, 3.63) is 58.3 Å². The molecule has 1 N–H and O–H groups in total. The number of nitrogens with one attached hydrogen (secondary N) is 1. The second-order valence-electron chi connectivity index (χ2n) is 7.10. The molecule has 0 spiro atoms. The van der Waals surface area contributed by atoms with Crippen molar-refractivity contribution in [1.82, 2.24) is 10.3 Å². The number of carbonyl (C=O) groups is 1. The summed E-state index contributed by atoms with van der Waals surface area (Å²) in [6.07, 6.45) is -3.18. The fourth-order valence-corrected chi connectivity index (χ4v) is 4.25. The Balaban J connectivity index is 1.80. The number of halogens is 3. The summed E-state index contributed by atoms with van der Waals surface area (Å²) < 4.78 is 41.3. The lowest BCUT2D eigenvalue weighted by molar-refractivity contribution is -0.138. The number of rotatable bonds is 5. The second kappa shape index (κ2) is 8.87. The Morgan fingerprint density at radius 1 is 1.34 bits per heavy atom. The maximum absolute atomic E-state index is 13.8. The lowest BCUT2D eigenvalue weighted by Gasteiger charge is -2.26. The fourth-order valence-electron chi connectivity index (χ4n) is 3.41. The first-order valence-corrected chi connectivity index (χ1v) is 10.2. The minimum atomic E-state index is -4.64. The topological polar surface area (TPSA) is 65.8 Å². The Morgan fingerprint density at radius 2 is 2.07 bits per heavy atom. The summed E-state index contributed by atoms with van der Waals surface area (Å²) in [6.45, 7) is 2.23. The predicted molar refractivity (Wildman–Crippen MR) is 104 cm³/mol. The molecule has 0 aliphatic heterocycles. The van der Waals surface area contributed by atoms with Crippen molar-refractivity contribution in [3.63, 3.8) is 0 Å². The van der Waals surface area contributed by atoms with Crippen LogP contribution in [0.1, 0.15) is 41.3 Å². The number of benzene rings is 1. The molecule has 0 fully saturated rings. The molecular weight excluding hydrogens is 399 g/mol. The van der Waals surface area contributed by atoms with Gasteiger partial charge in [0, 0.05) is 12.2 Å². The van der Waals surface area contributed by atoms with Gasteiger partial charge in [0.05, 0.1) is 16.9 Å². The summed E-state index contributed by atoms with van der Waals surface area (Å²) >= 11 is 0.873. The van der Waals surface area contributed by atoms with E-state index < -0.39 is 17.3 Å². The molecule has 1 aliphatic carbocycles. The highest BCUT2D eigenvalue weighted by molar-refractivity contribution is 8.00. The van der Waals surface area contributed by atoms with Gasteiger partial charge in [-0.2, -0.15) is 18.4 Å². The smallest absolute Gasteiger partial charge is 0.351 e. The number of fused-ring (bicyclic) bond motifs is 1. The van der Waals surface area contributed by atoms with Gasteiger partial charge in [0.2, 0.25) is 5.91 Å². The Bertz CT molecular complexity index is 939. The van der Waals surface area contributed by atoms with Crippen molar-refractivity contribution in [2.75, 3.05) is 5.75 Å². The third kappa shape index (κ3) is 5.10. The normalized spacial score (nSPS) is 16.0. The first kappa shape index (κ1) is 21.2. The van der Waals surface area contributed by atoms with Crippen LogP contribution in [0, 0.1) is 17.2 Å². The quantitative estimate of drug-likeness (QED) is 0.725. The van der Waals surface area contributed by atoms with Gasteiger partial charge in [-0.1, -0.05) is 49.0 Å². The van der Waals surface area contributed by atoms with Crippen LogP contribution in [0.5, 0.6) is 0 Å². The van der Waals surface area contributed by atoms with Crippen LogP contribution < -0.4 is 5.32 Å². The minimum absolute atomic E-state index is 0.0250. The minimum Gasteiger partial charge on any atom is -0.351 e. The molecule has 4 nitrogen and oxygen atoms in total. The lowest BCUT2D eigenvalue weighted by Crippen LogP contribution is -2.25. The summed E-state index contributed by atoms with van der Waals surface area (Å²) in [6, 6.07) is 11.0. The number of aromatic nitrogens is 1. The van der Waals surface area contributed by atoms with E-state index in [0.717, 1.165) is 23.7 Å². The van der Waals surface area contributed by atoms with E-state index >= 15 is 0 Å². The summed E-state index contributed by atoms with van der Waals surface area (Å²) in [5.74, 6) is -0.329. The van der Waals surface area contributed by atoms with Crippen LogP contribution in [0.25, 0.3) is 0 Å². The van der Waals surface area contributed by atoms with E-state index in [1.165, 1.54) is 0 Å². The van der Waals surface area contributed by atoms with Gasteiger partial charge in [0.15, 0.2) is 0 Å². The van der Waals surface area contributed by atoms with Crippen molar-refractivity contribution >= 4 is 17.7 Å². The van der Waals surface area contributed by atoms with Crippen LogP contribution in [-0.2, 0) is 30.4 Å². The van der Waals surface area contributed by atoms with Gasteiger partial charge in [0.25, 0.3) is 0 Å². The van der Waals surface area contributed by atoms with E-state index in [2.05, 4.69) is 10.3 Å². The standard InChI is InChI=1S/C21H20F3N3OS/c1-13-7-8-17-15(9-13)19(21(22,23)24)16(10-25)20(27-17)29-12-18(28)26-11-14-5-3-2-4-6-14/h2-6,13H,7-9,11-12H2,1H3,(H,26,28)/t13-/m0/s1. The van der Waals surface area contributed by atoms with E-state index in [-0.39, 0.29) is 34.6 Å². The molecular formula is C21H20F3N3OS. The van der Waals surface area contributed by atoms with Gasteiger partial charge in [-0.25, -0.2) is 4.98 Å². The highest BCUT2D eigenvalue weighted by Crippen LogP contribution is 2.41. The Labute approximate surface area is 171 Å². The van der Waals surface area contributed by atoms with Crippen LogP contribution in [0.15, 0.2) is 35.4 Å². The molecule has 0 saturated carbocycles. The highest BCUT2D eigenvalue weighted by atomic mass is 32.2. The summed E-state index contributed by atoms with van der Waals surface area (Å²) in [5.41, 5.74) is 0.0752. The maximum Gasteiger partial charge on any atom is 0.418 e. The van der Waals surface area contributed by atoms with Gasteiger partial charge in [-0.15, -0.1) is 0 Å². The molecule has 0 radical (unpaired) electrons. The predicted octanol–water partition coefficient (Wildman–Crippen LogP) is 4.51. The SMILES string of the molecule is C[C@H]1CCc2nc(SCC(=O)NCc3ccccc3)c(C#N)c(C(F)(F)F)c2C1. The van der Waals surface area contributed by atoms with Crippen LogP contribution >= 0.6 is 11.8 Å². The van der Waals surface area contributed by atoms with Crippen LogP contribution in [0.2, 0.25) is 0 Å². The molecule has 1 atom stereocenters. The zero-order valence-electron chi connectivity index (χ0n) is 15.8. The molecule has 0 saturated heterocycles. The van der Waals surface area contributed by atoms with E-state index in [0.29, 0.717) is 18.7 Å². The zero-order chi connectivity index (χ0) is 21.0. The molecule has 1 amide bonds. The van der Waals surface area contributed by atoms with Gasteiger partial charge < -0.3 is 5.32 Å². The number of hydrogen-bond donors (Lipinski definition) is 1. The average molecular weight is 419 g/mol. The monoisotopic (exact) mass is 419 g/mol. The molecule has 29 heavy (non-hydrogen) atoms. The summed E-state index contributed by atoms with van der Waals surface area (Å²) in [4.78, 5) is 16.5. The van der Waals surface area contributed by atoms with Gasteiger partial charge in [-0.05, 0) is 36.3 Å². The van der Waals surface area contributed by atoms with Crippen molar-refractivity contribution in [1.29, 1.82) is 5.26 Å². The number of alkyl halides is 3. The van der Waals surface area contributed by atoms with E-state index in [9.17, 15) is 23.2 Å². The number of hydrogen-bond acceptors (Lipinski definition) is 4. The fraction of sp³-hybridized carbons (Fsp3) is 0.381. The number of amides is 1. The van der Waals surface area contributed by atoms with Crippen LogP contribution in [-0.4, -0.2) is 16.6 Å². The average Bonchev–Trinajstić information content (AvgIpc) is 2.69. The second-order valence-corrected chi connectivity index (χ2v) is 8.06. The van der Waals surface area contributed by atoms with E-state index in [4.69, 9.17) is 0 Å². The molecule has 0 bridgehead atoms. The first-order valence-electron chi connectivity index (χ1n) is 9.26. The van der Waals surface area contributed by atoms with Gasteiger partial charge in [0.1, 0.15) is 11.1 Å². The number of nitrogens with zero attached hydrogens (tertiary/aromatic N) is 2. The molecule has 8 heteroatoms. The third-order valence-electron chi connectivity index (χ3n) is 4.84. The molecule has 1 aromatic heterocycles. The number of nitriles is 1. The van der Waals surface area contributed by atoms with Gasteiger partial charge >= 0.3 is 6.18 Å². The van der Waals surface area contributed by atoms with Gasteiger partial charge in [-0.3, -0.25) is 4.79 Å². The molecule has 152 valence electrons. The van der Waals surface area contributed by atoms with Crippen molar-refractivity contribution in [2.24, 2.45) is 5.92 Å². The Kier molecular flexibility index (Phi) is 6.48. The lowest BCUT2D eigenvalue weighted by atomic mass is 9.84. The molecule has 0 unspecified atom stereocenters. The van der Waals surface area contributed by atoms with E-state index in [1.807, 2.05) is 37.3 Å². The van der Waals surface area contributed by atoms with Crippen molar-refractivity contribution in [2.45, 2.75) is 43.9 Å². The first-order chi connectivity index (χ1) is 13.8. The van der Waals surface area contributed by atoms with Crippen molar-refractivity contribution in [3.8, 4) is 6.07 Å². The number of aryl methyl sites for hydroxylation is 1. The summed E-state index contributed by atoms with van der Waals surface area (Å²) in [5, 5.41) is 12.1. The Morgan fingerprint density at radius 3 is 2.72 bits per heavy atom. The molecule has 3 rings (SSSR count). The maximum atomic E-state index is 13.8. The number of pyridine rings is 1. The molecule has 1 aromatic carbocycles. The van der Waals surface area contributed by atoms with Crippen LogP contribution in [0.3, 0.4) is 0 Å². The molecule has 2 aromatic rings. The molecule has 1 aliphatic rings. The van der Waals surface area contributed by atoms with Crippen LogP contribution in [0.4, 0.5) is 13.2 Å². The summed E-state index contributed by atoms with van der Waals surface area (Å²) in [7, 11) is 0. The van der Waals surface area contributed by atoms with E-state index in [1.54, 1.807) is 6.07 Å². The third-order valence-corrected chi connectivity index (χ3v) is 5.82. The largest absolute Gasteiger partial charge is 0.418 e. The molecule has 1 heterocycles. The number of thioether (sulfide) groups is 1. The Hall–Kier alpha value is -2.53. The number of carbonyl (C=O) groups excluding carboxylic acids is 1.